The van der Waals surface area contributed by atoms with Gasteiger partial charge in [0.25, 0.3) is 0 Å². The summed E-state index contributed by atoms with van der Waals surface area (Å²) >= 11 is 13.7. The van der Waals surface area contributed by atoms with Crippen molar-refractivity contribution in [2.24, 2.45) is 5.73 Å². The molecule has 1 aromatic carbocycles. The van der Waals surface area contributed by atoms with Crippen molar-refractivity contribution >= 4 is 45.5 Å². The van der Waals surface area contributed by atoms with Crippen molar-refractivity contribution in [1.82, 2.24) is 0 Å². The Bertz CT molecular complexity index is 747. The summed E-state index contributed by atoms with van der Waals surface area (Å²) in [6, 6.07) is 7.16. The third-order valence-electron chi connectivity index (χ3n) is 3.05. The SMILES string of the molecule is Cc1ccsc1C(N)c1cc2cc(Cl)cc(Cl)c2o1. The molecule has 19 heavy (non-hydrogen) atoms. The topological polar surface area (TPSA) is 39.2 Å². The fraction of sp³-hybridized carbons (Fsp3) is 0.143. The van der Waals surface area contributed by atoms with Gasteiger partial charge in [-0.3, -0.25) is 0 Å². The highest BCUT2D eigenvalue weighted by Crippen LogP contribution is 2.35. The van der Waals surface area contributed by atoms with E-state index >= 15 is 0 Å². The van der Waals surface area contributed by atoms with Crippen LogP contribution >= 0.6 is 34.5 Å². The van der Waals surface area contributed by atoms with Crippen LogP contribution in [0.25, 0.3) is 11.0 Å². The summed E-state index contributed by atoms with van der Waals surface area (Å²) in [5.74, 6) is 0.699. The molecule has 0 amide bonds. The molecule has 0 bridgehead atoms. The second-order valence-electron chi connectivity index (χ2n) is 4.40. The number of hydrogen-bond acceptors (Lipinski definition) is 3. The van der Waals surface area contributed by atoms with Gasteiger partial charge in [0, 0.05) is 15.3 Å². The van der Waals surface area contributed by atoms with Gasteiger partial charge in [-0.25, -0.2) is 0 Å². The summed E-state index contributed by atoms with van der Waals surface area (Å²) in [5.41, 5.74) is 8.05. The molecule has 2 aromatic heterocycles. The molecule has 2 heterocycles. The maximum absolute atomic E-state index is 6.25. The lowest BCUT2D eigenvalue weighted by molar-refractivity contribution is 0.527. The first-order valence-electron chi connectivity index (χ1n) is 5.74. The highest BCUT2D eigenvalue weighted by molar-refractivity contribution is 7.10. The number of thiophene rings is 1. The number of fused-ring (bicyclic) bond motifs is 1. The third-order valence-corrected chi connectivity index (χ3v) is 4.65. The Balaban J connectivity index is 2.11. The zero-order chi connectivity index (χ0) is 13.6. The minimum atomic E-state index is -0.276. The van der Waals surface area contributed by atoms with Crippen molar-refractivity contribution in [3.63, 3.8) is 0 Å². The molecule has 0 aliphatic heterocycles. The molecule has 0 aliphatic rings. The first kappa shape index (κ1) is 13.0. The molecule has 2 N–H and O–H groups in total. The van der Waals surface area contributed by atoms with E-state index in [4.69, 9.17) is 33.4 Å². The summed E-state index contributed by atoms with van der Waals surface area (Å²) in [7, 11) is 0. The van der Waals surface area contributed by atoms with Gasteiger partial charge in [-0.05, 0) is 42.1 Å². The Hall–Kier alpha value is -1.00. The van der Waals surface area contributed by atoms with Gasteiger partial charge in [-0.2, -0.15) is 0 Å². The predicted octanol–water partition coefficient (Wildman–Crippen LogP) is 5.16. The van der Waals surface area contributed by atoms with Gasteiger partial charge in [0.15, 0.2) is 5.58 Å². The zero-order valence-electron chi connectivity index (χ0n) is 10.1. The quantitative estimate of drug-likeness (QED) is 0.710. The van der Waals surface area contributed by atoms with Crippen LogP contribution in [-0.2, 0) is 0 Å². The molecule has 5 heteroatoms. The molecular formula is C14H11Cl2NOS. The minimum Gasteiger partial charge on any atom is -0.457 e. The molecule has 0 saturated carbocycles. The lowest BCUT2D eigenvalue weighted by atomic mass is 10.1. The number of furan rings is 1. The number of hydrogen-bond donors (Lipinski definition) is 1. The lowest BCUT2D eigenvalue weighted by Gasteiger charge is -2.07. The number of halogens is 2. The van der Waals surface area contributed by atoms with E-state index in [1.165, 1.54) is 5.56 Å². The second kappa shape index (κ2) is 4.84. The van der Waals surface area contributed by atoms with Gasteiger partial charge in [0.1, 0.15) is 5.76 Å². The Kier molecular flexibility index (Phi) is 3.31. The van der Waals surface area contributed by atoms with Crippen molar-refractivity contribution in [3.05, 3.63) is 55.9 Å². The largest absolute Gasteiger partial charge is 0.457 e. The van der Waals surface area contributed by atoms with Crippen molar-refractivity contribution in [3.8, 4) is 0 Å². The maximum atomic E-state index is 6.25. The predicted molar refractivity (Wildman–Crippen MR) is 81.3 cm³/mol. The van der Waals surface area contributed by atoms with E-state index in [2.05, 4.69) is 0 Å². The molecule has 1 atom stereocenters. The summed E-state index contributed by atoms with van der Waals surface area (Å²) in [6.07, 6.45) is 0. The number of benzene rings is 1. The van der Waals surface area contributed by atoms with Crippen LogP contribution in [0.1, 0.15) is 22.2 Å². The van der Waals surface area contributed by atoms with E-state index in [0.717, 1.165) is 10.3 Å². The van der Waals surface area contributed by atoms with E-state index in [-0.39, 0.29) is 6.04 Å². The molecule has 0 fully saturated rings. The van der Waals surface area contributed by atoms with Gasteiger partial charge in [0.2, 0.25) is 0 Å². The Morgan fingerprint density at radius 1 is 1.26 bits per heavy atom. The highest BCUT2D eigenvalue weighted by atomic mass is 35.5. The Morgan fingerprint density at radius 2 is 2.05 bits per heavy atom. The van der Waals surface area contributed by atoms with Crippen LogP contribution in [0.15, 0.2) is 34.1 Å². The first-order valence-corrected chi connectivity index (χ1v) is 7.38. The molecule has 3 rings (SSSR count). The zero-order valence-corrected chi connectivity index (χ0v) is 12.4. The monoisotopic (exact) mass is 311 g/mol. The van der Waals surface area contributed by atoms with Gasteiger partial charge in [0.05, 0.1) is 11.1 Å². The van der Waals surface area contributed by atoms with Gasteiger partial charge < -0.3 is 10.2 Å². The maximum Gasteiger partial charge on any atom is 0.153 e. The Labute approximate surface area is 124 Å². The molecule has 0 spiro atoms. The number of nitrogens with two attached hydrogens (primary N) is 1. The molecule has 3 aromatic rings. The third kappa shape index (κ3) is 2.28. The van der Waals surface area contributed by atoms with Gasteiger partial charge in [-0.15, -0.1) is 11.3 Å². The van der Waals surface area contributed by atoms with Crippen LogP contribution in [-0.4, -0.2) is 0 Å². The normalized spacial score (nSPS) is 13.1. The van der Waals surface area contributed by atoms with Crippen LogP contribution in [0.2, 0.25) is 10.0 Å². The van der Waals surface area contributed by atoms with Crippen LogP contribution in [0.4, 0.5) is 0 Å². The Morgan fingerprint density at radius 3 is 2.74 bits per heavy atom. The molecule has 1 unspecified atom stereocenters. The smallest absolute Gasteiger partial charge is 0.153 e. The van der Waals surface area contributed by atoms with E-state index in [0.29, 0.717) is 21.4 Å². The summed E-state index contributed by atoms with van der Waals surface area (Å²) in [5, 5.41) is 3.99. The molecule has 0 aliphatic carbocycles. The van der Waals surface area contributed by atoms with Gasteiger partial charge in [-0.1, -0.05) is 23.2 Å². The van der Waals surface area contributed by atoms with Gasteiger partial charge >= 0.3 is 0 Å². The lowest BCUT2D eigenvalue weighted by Crippen LogP contribution is -2.10. The van der Waals surface area contributed by atoms with E-state index in [1.807, 2.05) is 30.5 Å². The van der Waals surface area contributed by atoms with Crippen LogP contribution in [0, 0.1) is 6.92 Å². The first-order chi connectivity index (χ1) is 9.06. The summed E-state index contributed by atoms with van der Waals surface area (Å²) < 4.78 is 5.79. The molecule has 2 nitrogen and oxygen atoms in total. The molecular weight excluding hydrogens is 301 g/mol. The molecule has 0 radical (unpaired) electrons. The highest BCUT2D eigenvalue weighted by Gasteiger charge is 2.18. The fourth-order valence-corrected chi connectivity index (χ4v) is 3.56. The van der Waals surface area contributed by atoms with Crippen molar-refractivity contribution in [1.29, 1.82) is 0 Å². The van der Waals surface area contributed by atoms with E-state index in [9.17, 15) is 0 Å². The fourth-order valence-electron chi connectivity index (χ4n) is 2.08. The number of aryl methyl sites for hydroxylation is 1. The van der Waals surface area contributed by atoms with Crippen molar-refractivity contribution in [2.75, 3.05) is 0 Å². The van der Waals surface area contributed by atoms with E-state index in [1.54, 1.807) is 17.4 Å². The summed E-state index contributed by atoms with van der Waals surface area (Å²) in [6.45, 7) is 2.04. The summed E-state index contributed by atoms with van der Waals surface area (Å²) in [4.78, 5) is 1.10. The van der Waals surface area contributed by atoms with Crippen LogP contribution in [0.5, 0.6) is 0 Å². The number of rotatable bonds is 2. The molecule has 98 valence electrons. The second-order valence-corrected chi connectivity index (χ2v) is 6.19. The molecule has 0 saturated heterocycles. The van der Waals surface area contributed by atoms with Crippen molar-refractivity contribution < 1.29 is 4.42 Å². The van der Waals surface area contributed by atoms with E-state index < -0.39 is 0 Å². The average molecular weight is 312 g/mol. The van der Waals surface area contributed by atoms with Crippen molar-refractivity contribution in [2.45, 2.75) is 13.0 Å². The standard InChI is InChI=1S/C14H11Cl2NOS/c1-7-2-3-19-14(7)12(17)11-5-8-4-9(15)6-10(16)13(8)18-11/h2-6,12H,17H2,1H3. The minimum absolute atomic E-state index is 0.276. The van der Waals surface area contributed by atoms with Crippen LogP contribution in [0.3, 0.4) is 0 Å². The average Bonchev–Trinajstić information content (AvgIpc) is 2.94. The van der Waals surface area contributed by atoms with Crippen LogP contribution < -0.4 is 5.73 Å².